The van der Waals surface area contributed by atoms with Crippen LogP contribution < -0.4 is 5.32 Å². The molecule has 0 fully saturated rings. The molecule has 0 heterocycles. The molecule has 0 aliphatic carbocycles. The number of nitrogens with one attached hydrogen (secondary N) is 1. The van der Waals surface area contributed by atoms with Crippen LogP contribution in [0, 0.1) is 5.92 Å². The summed E-state index contributed by atoms with van der Waals surface area (Å²) in [6.07, 6.45) is 0. The number of carboxylic acid groups (broad SMARTS) is 1. The molecule has 0 bridgehead atoms. The van der Waals surface area contributed by atoms with Gasteiger partial charge in [-0.2, -0.15) is 0 Å². The number of halogens is 1. The molecule has 2 unspecified atom stereocenters. The maximum absolute atomic E-state index is 11.0. The van der Waals surface area contributed by atoms with Crippen molar-refractivity contribution in [2.24, 2.45) is 5.92 Å². The van der Waals surface area contributed by atoms with Crippen molar-refractivity contribution < 1.29 is 15.0 Å². The summed E-state index contributed by atoms with van der Waals surface area (Å²) in [6, 6.07) is 4.53. The van der Waals surface area contributed by atoms with Crippen LogP contribution in [0.1, 0.15) is 24.2 Å². The van der Waals surface area contributed by atoms with Crippen LogP contribution in [0.15, 0.2) is 18.2 Å². The summed E-state index contributed by atoms with van der Waals surface area (Å²) in [4.78, 5) is 11.0. The SMILES string of the molecule is CC(CO)C(C)Nc1cc(Cl)ccc1C(=O)O. The Hall–Kier alpha value is -1.26. The first-order valence-electron chi connectivity index (χ1n) is 5.36. The molecular weight excluding hydrogens is 242 g/mol. The highest BCUT2D eigenvalue weighted by molar-refractivity contribution is 6.31. The highest BCUT2D eigenvalue weighted by Gasteiger charge is 2.15. The fraction of sp³-hybridized carbons (Fsp3) is 0.417. The molecule has 0 amide bonds. The Balaban J connectivity index is 2.96. The number of benzene rings is 1. The van der Waals surface area contributed by atoms with Crippen molar-refractivity contribution in [1.29, 1.82) is 0 Å². The van der Waals surface area contributed by atoms with Crippen LogP contribution in [0.5, 0.6) is 0 Å². The first-order valence-corrected chi connectivity index (χ1v) is 5.73. The third-order valence-corrected chi connectivity index (χ3v) is 2.97. The zero-order valence-corrected chi connectivity index (χ0v) is 10.5. The number of hydrogen-bond acceptors (Lipinski definition) is 3. The van der Waals surface area contributed by atoms with E-state index in [1.54, 1.807) is 6.07 Å². The average Bonchev–Trinajstić information content (AvgIpc) is 2.27. The lowest BCUT2D eigenvalue weighted by Crippen LogP contribution is -2.27. The van der Waals surface area contributed by atoms with Crippen molar-refractivity contribution in [1.82, 2.24) is 0 Å². The molecule has 1 aromatic carbocycles. The second-order valence-electron chi connectivity index (χ2n) is 4.09. The summed E-state index contributed by atoms with van der Waals surface area (Å²) in [7, 11) is 0. The van der Waals surface area contributed by atoms with Crippen LogP contribution in [0.2, 0.25) is 5.02 Å². The van der Waals surface area contributed by atoms with Gasteiger partial charge in [-0.25, -0.2) is 4.79 Å². The highest BCUT2D eigenvalue weighted by atomic mass is 35.5. The van der Waals surface area contributed by atoms with E-state index in [1.807, 2.05) is 13.8 Å². The molecule has 1 aromatic rings. The van der Waals surface area contributed by atoms with Gasteiger partial charge in [0.25, 0.3) is 0 Å². The summed E-state index contributed by atoms with van der Waals surface area (Å²) in [5.41, 5.74) is 0.643. The number of aliphatic hydroxyl groups is 1. The predicted octanol–water partition coefficient (Wildman–Crippen LogP) is 2.47. The van der Waals surface area contributed by atoms with Gasteiger partial charge >= 0.3 is 5.97 Å². The number of anilines is 1. The Kier molecular flexibility index (Phi) is 4.78. The van der Waals surface area contributed by atoms with Gasteiger partial charge < -0.3 is 15.5 Å². The molecule has 17 heavy (non-hydrogen) atoms. The van der Waals surface area contributed by atoms with E-state index in [0.29, 0.717) is 10.7 Å². The van der Waals surface area contributed by atoms with Gasteiger partial charge in [0, 0.05) is 17.7 Å². The number of hydrogen-bond donors (Lipinski definition) is 3. The van der Waals surface area contributed by atoms with Crippen LogP contribution in [0.25, 0.3) is 0 Å². The minimum atomic E-state index is -1.01. The van der Waals surface area contributed by atoms with Gasteiger partial charge in [-0.1, -0.05) is 18.5 Å². The van der Waals surface area contributed by atoms with E-state index in [0.717, 1.165) is 0 Å². The Morgan fingerprint density at radius 3 is 2.65 bits per heavy atom. The number of carboxylic acids is 1. The molecule has 5 heteroatoms. The molecule has 0 saturated heterocycles. The zero-order valence-electron chi connectivity index (χ0n) is 9.77. The molecule has 0 saturated carbocycles. The molecule has 94 valence electrons. The van der Waals surface area contributed by atoms with Crippen LogP contribution in [-0.4, -0.2) is 28.8 Å². The number of aliphatic hydroxyl groups excluding tert-OH is 1. The first-order chi connectivity index (χ1) is 7.95. The lowest BCUT2D eigenvalue weighted by atomic mass is 10.0. The van der Waals surface area contributed by atoms with Crippen LogP contribution >= 0.6 is 11.6 Å². The van der Waals surface area contributed by atoms with E-state index in [9.17, 15) is 4.79 Å². The summed E-state index contributed by atoms with van der Waals surface area (Å²) in [5.74, 6) is -0.983. The topological polar surface area (TPSA) is 69.6 Å². The van der Waals surface area contributed by atoms with Gasteiger partial charge in [-0.05, 0) is 31.0 Å². The Bertz CT molecular complexity index is 409. The standard InChI is InChI=1S/C12H16ClNO3/c1-7(6-15)8(2)14-11-5-9(13)3-4-10(11)12(16)17/h3-5,7-8,14-15H,6H2,1-2H3,(H,16,17). The normalized spacial score (nSPS) is 14.1. The van der Waals surface area contributed by atoms with E-state index >= 15 is 0 Å². The Morgan fingerprint density at radius 1 is 1.47 bits per heavy atom. The summed E-state index contributed by atoms with van der Waals surface area (Å²) >= 11 is 5.84. The molecule has 1 rings (SSSR count). The third-order valence-electron chi connectivity index (χ3n) is 2.74. The van der Waals surface area contributed by atoms with Gasteiger partial charge in [0.05, 0.1) is 11.3 Å². The van der Waals surface area contributed by atoms with Crippen LogP contribution in [0.3, 0.4) is 0 Å². The van der Waals surface area contributed by atoms with Crippen molar-refractivity contribution in [2.75, 3.05) is 11.9 Å². The van der Waals surface area contributed by atoms with Crippen LogP contribution in [0.4, 0.5) is 5.69 Å². The minimum Gasteiger partial charge on any atom is -0.478 e. The molecular formula is C12H16ClNO3. The van der Waals surface area contributed by atoms with E-state index in [-0.39, 0.29) is 24.1 Å². The van der Waals surface area contributed by atoms with Gasteiger partial charge in [0.2, 0.25) is 0 Å². The number of carbonyl (C=O) groups is 1. The molecule has 3 N–H and O–H groups in total. The van der Waals surface area contributed by atoms with E-state index in [1.165, 1.54) is 12.1 Å². The maximum atomic E-state index is 11.0. The number of aromatic carboxylic acids is 1. The van der Waals surface area contributed by atoms with Gasteiger partial charge in [0.1, 0.15) is 0 Å². The average molecular weight is 258 g/mol. The predicted molar refractivity (Wildman–Crippen MR) is 67.7 cm³/mol. The van der Waals surface area contributed by atoms with Gasteiger partial charge in [-0.15, -0.1) is 0 Å². The first kappa shape index (κ1) is 13.8. The fourth-order valence-electron chi connectivity index (χ4n) is 1.37. The van der Waals surface area contributed by atoms with E-state index in [2.05, 4.69) is 5.32 Å². The fourth-order valence-corrected chi connectivity index (χ4v) is 1.54. The van der Waals surface area contributed by atoms with Crippen LogP contribution in [-0.2, 0) is 0 Å². The summed E-state index contributed by atoms with van der Waals surface area (Å²) in [6.45, 7) is 3.80. The largest absolute Gasteiger partial charge is 0.478 e. The van der Waals surface area contributed by atoms with Crippen molar-refractivity contribution >= 4 is 23.3 Å². The van der Waals surface area contributed by atoms with Crippen molar-refractivity contribution in [3.05, 3.63) is 28.8 Å². The summed E-state index contributed by atoms with van der Waals surface area (Å²) < 4.78 is 0. The van der Waals surface area contributed by atoms with Crippen molar-refractivity contribution in [3.63, 3.8) is 0 Å². The molecule has 0 aromatic heterocycles. The molecule has 4 nitrogen and oxygen atoms in total. The Morgan fingerprint density at radius 2 is 2.12 bits per heavy atom. The molecule has 0 aliphatic heterocycles. The lowest BCUT2D eigenvalue weighted by Gasteiger charge is -2.21. The second-order valence-corrected chi connectivity index (χ2v) is 4.52. The maximum Gasteiger partial charge on any atom is 0.337 e. The second kappa shape index (κ2) is 5.89. The Labute approximate surface area is 105 Å². The lowest BCUT2D eigenvalue weighted by molar-refractivity contribution is 0.0698. The van der Waals surface area contributed by atoms with E-state index < -0.39 is 5.97 Å². The molecule has 0 radical (unpaired) electrons. The van der Waals surface area contributed by atoms with Gasteiger partial charge in [-0.3, -0.25) is 0 Å². The van der Waals surface area contributed by atoms with Crippen molar-refractivity contribution in [2.45, 2.75) is 19.9 Å². The highest BCUT2D eigenvalue weighted by Crippen LogP contribution is 2.23. The number of rotatable bonds is 5. The van der Waals surface area contributed by atoms with Crippen molar-refractivity contribution in [3.8, 4) is 0 Å². The summed E-state index contributed by atoms with van der Waals surface area (Å²) in [5, 5.41) is 21.6. The molecule has 2 atom stereocenters. The monoisotopic (exact) mass is 257 g/mol. The zero-order chi connectivity index (χ0) is 13.0. The smallest absolute Gasteiger partial charge is 0.337 e. The van der Waals surface area contributed by atoms with E-state index in [4.69, 9.17) is 21.8 Å². The van der Waals surface area contributed by atoms with Gasteiger partial charge in [0.15, 0.2) is 0 Å². The molecule has 0 spiro atoms. The molecule has 0 aliphatic rings. The minimum absolute atomic E-state index is 0.0237. The third kappa shape index (κ3) is 3.61. The quantitative estimate of drug-likeness (QED) is 0.758.